The van der Waals surface area contributed by atoms with Crippen molar-refractivity contribution >= 4 is 29.0 Å². The zero-order chi connectivity index (χ0) is 20.5. The fourth-order valence-corrected chi connectivity index (χ4v) is 2.96. The molecule has 0 aromatic heterocycles. The minimum atomic E-state index is -0.574. The van der Waals surface area contributed by atoms with Crippen LogP contribution in [0.1, 0.15) is 26.2 Å². The number of carbonyl (C=O) groups is 2. The molecule has 3 rings (SSSR count). The van der Waals surface area contributed by atoms with E-state index in [1.54, 1.807) is 31.2 Å². The molecule has 1 saturated heterocycles. The molecule has 0 radical (unpaired) electrons. The molecule has 0 spiro atoms. The molecule has 1 aliphatic rings. The average molecular weight is 397 g/mol. The second kappa shape index (κ2) is 10.6. The molecule has 0 bridgehead atoms. The van der Waals surface area contributed by atoms with Crippen molar-refractivity contribution < 1.29 is 19.1 Å². The average Bonchev–Trinajstić information content (AvgIpc) is 2.74. The van der Waals surface area contributed by atoms with Crippen LogP contribution < -0.4 is 16.0 Å². The Balaban J connectivity index is 1.43. The third-order valence-corrected chi connectivity index (χ3v) is 4.62. The number of hydrogen-bond acceptors (Lipinski definition) is 4. The molecule has 2 atom stereocenters. The van der Waals surface area contributed by atoms with E-state index in [0.717, 1.165) is 25.9 Å². The smallest absolute Gasteiger partial charge is 0.323 e. The molecule has 1 aliphatic heterocycles. The molecule has 1 heterocycles. The highest BCUT2D eigenvalue weighted by Crippen LogP contribution is 2.16. The van der Waals surface area contributed by atoms with Crippen LogP contribution in [0.2, 0.25) is 0 Å². The first-order chi connectivity index (χ1) is 14.1. The van der Waals surface area contributed by atoms with Gasteiger partial charge in [0, 0.05) is 23.7 Å². The molecule has 2 aromatic carbocycles. The van der Waals surface area contributed by atoms with Gasteiger partial charge in [-0.2, -0.15) is 0 Å². The summed E-state index contributed by atoms with van der Waals surface area (Å²) in [5, 5.41) is 8.31. The zero-order valence-corrected chi connectivity index (χ0v) is 16.5. The molecule has 3 amide bonds. The third-order valence-electron chi connectivity index (χ3n) is 4.62. The lowest BCUT2D eigenvalue weighted by molar-refractivity contribution is -0.130. The minimum Gasteiger partial charge on any atom is -0.376 e. The van der Waals surface area contributed by atoms with E-state index >= 15 is 0 Å². The Morgan fingerprint density at radius 3 is 2.21 bits per heavy atom. The van der Waals surface area contributed by atoms with Gasteiger partial charge in [0.2, 0.25) is 0 Å². The Kier molecular flexibility index (Phi) is 7.61. The van der Waals surface area contributed by atoms with E-state index in [1.807, 2.05) is 30.3 Å². The maximum Gasteiger partial charge on any atom is 0.323 e. The number of amides is 3. The number of rotatable bonds is 7. The van der Waals surface area contributed by atoms with Gasteiger partial charge in [0.15, 0.2) is 0 Å². The number of ether oxygens (including phenoxy) is 2. The van der Waals surface area contributed by atoms with Crippen LogP contribution in [0.25, 0.3) is 0 Å². The number of para-hydroxylation sites is 1. The second-order valence-corrected chi connectivity index (χ2v) is 6.98. The van der Waals surface area contributed by atoms with Gasteiger partial charge < -0.3 is 25.4 Å². The number of carbonyl (C=O) groups excluding carboxylic acids is 2. The lowest BCUT2D eigenvalue weighted by Crippen LogP contribution is -2.32. The van der Waals surface area contributed by atoms with E-state index in [0.29, 0.717) is 23.7 Å². The quantitative estimate of drug-likeness (QED) is 0.652. The summed E-state index contributed by atoms with van der Waals surface area (Å²) in [6.45, 7) is 2.91. The van der Waals surface area contributed by atoms with Gasteiger partial charge in [0.05, 0.1) is 12.7 Å². The van der Waals surface area contributed by atoms with E-state index in [4.69, 9.17) is 9.47 Å². The summed E-state index contributed by atoms with van der Waals surface area (Å²) in [6.07, 6.45) is 2.70. The van der Waals surface area contributed by atoms with Crippen molar-refractivity contribution in [1.29, 1.82) is 0 Å². The first-order valence-corrected chi connectivity index (χ1v) is 9.87. The van der Waals surface area contributed by atoms with Gasteiger partial charge in [0.25, 0.3) is 5.91 Å². The predicted octanol–water partition coefficient (Wildman–Crippen LogP) is 4.24. The van der Waals surface area contributed by atoms with Crippen molar-refractivity contribution in [2.75, 3.05) is 29.2 Å². The van der Waals surface area contributed by atoms with Crippen molar-refractivity contribution in [3.05, 3.63) is 54.6 Å². The monoisotopic (exact) mass is 397 g/mol. The molecule has 3 N–H and O–H groups in total. The van der Waals surface area contributed by atoms with Gasteiger partial charge in [-0.15, -0.1) is 0 Å². The van der Waals surface area contributed by atoms with Crippen molar-refractivity contribution in [3.8, 4) is 0 Å². The molecular formula is C22H27N3O4. The van der Waals surface area contributed by atoms with E-state index in [1.165, 1.54) is 0 Å². The van der Waals surface area contributed by atoms with Crippen molar-refractivity contribution in [1.82, 2.24) is 0 Å². The second-order valence-electron chi connectivity index (χ2n) is 6.98. The van der Waals surface area contributed by atoms with E-state index in [-0.39, 0.29) is 18.0 Å². The molecule has 7 heteroatoms. The van der Waals surface area contributed by atoms with Crippen LogP contribution in [0, 0.1) is 0 Å². The summed E-state index contributed by atoms with van der Waals surface area (Å²) in [5.41, 5.74) is 1.96. The van der Waals surface area contributed by atoms with Crippen LogP contribution in [0.3, 0.4) is 0 Å². The highest BCUT2D eigenvalue weighted by molar-refractivity contribution is 6.00. The maximum absolute atomic E-state index is 12.3. The van der Waals surface area contributed by atoms with Gasteiger partial charge in [-0.05, 0) is 62.6 Å². The molecule has 0 aliphatic carbocycles. The molecule has 2 unspecified atom stereocenters. The Labute approximate surface area is 170 Å². The largest absolute Gasteiger partial charge is 0.376 e. The topological polar surface area (TPSA) is 88.7 Å². The Hall–Kier alpha value is -2.90. The summed E-state index contributed by atoms with van der Waals surface area (Å²) in [6, 6.07) is 15.8. The standard InChI is InChI=1S/C22H27N3O4/c1-16(29-15-20-9-5-6-14-28-20)21(26)23-18-10-12-19(13-11-18)25-22(27)24-17-7-3-2-4-8-17/h2-4,7-8,10-13,16,20H,5-6,9,14-15H2,1H3,(H,23,26)(H2,24,25,27). The van der Waals surface area contributed by atoms with Gasteiger partial charge >= 0.3 is 6.03 Å². The van der Waals surface area contributed by atoms with Crippen LogP contribution in [0.5, 0.6) is 0 Å². The fourth-order valence-electron chi connectivity index (χ4n) is 2.96. The Bertz CT molecular complexity index is 789. The summed E-state index contributed by atoms with van der Waals surface area (Å²) in [4.78, 5) is 24.3. The van der Waals surface area contributed by atoms with E-state index in [2.05, 4.69) is 16.0 Å². The Morgan fingerprint density at radius 1 is 0.966 bits per heavy atom. The summed E-state index contributed by atoms with van der Waals surface area (Å²) >= 11 is 0. The van der Waals surface area contributed by atoms with Crippen LogP contribution in [0.4, 0.5) is 21.9 Å². The SMILES string of the molecule is CC(OCC1CCCCO1)C(=O)Nc1ccc(NC(=O)Nc2ccccc2)cc1. The number of hydrogen-bond donors (Lipinski definition) is 3. The Morgan fingerprint density at radius 2 is 1.59 bits per heavy atom. The first kappa shape index (κ1) is 20.8. The van der Waals surface area contributed by atoms with Crippen molar-refractivity contribution in [3.63, 3.8) is 0 Å². The summed E-state index contributed by atoms with van der Waals surface area (Å²) in [7, 11) is 0. The minimum absolute atomic E-state index is 0.0754. The number of nitrogens with one attached hydrogen (secondary N) is 3. The van der Waals surface area contributed by atoms with Crippen molar-refractivity contribution in [2.45, 2.75) is 38.4 Å². The molecule has 29 heavy (non-hydrogen) atoms. The van der Waals surface area contributed by atoms with Gasteiger partial charge in [-0.3, -0.25) is 4.79 Å². The molecule has 154 valence electrons. The van der Waals surface area contributed by atoms with Gasteiger partial charge in [-0.25, -0.2) is 4.79 Å². The van der Waals surface area contributed by atoms with E-state index in [9.17, 15) is 9.59 Å². The lowest BCUT2D eigenvalue weighted by Gasteiger charge is -2.23. The summed E-state index contributed by atoms with van der Waals surface area (Å²) < 4.78 is 11.3. The van der Waals surface area contributed by atoms with Crippen LogP contribution in [-0.2, 0) is 14.3 Å². The zero-order valence-electron chi connectivity index (χ0n) is 16.5. The van der Waals surface area contributed by atoms with Gasteiger partial charge in [0.1, 0.15) is 6.10 Å². The molecule has 7 nitrogen and oxygen atoms in total. The van der Waals surface area contributed by atoms with Crippen LogP contribution in [-0.4, -0.2) is 37.4 Å². The van der Waals surface area contributed by atoms with Crippen molar-refractivity contribution in [2.24, 2.45) is 0 Å². The number of benzene rings is 2. The molecule has 2 aromatic rings. The molecule has 0 saturated carbocycles. The predicted molar refractivity (Wildman–Crippen MR) is 113 cm³/mol. The first-order valence-electron chi connectivity index (χ1n) is 9.87. The van der Waals surface area contributed by atoms with Crippen LogP contribution in [0.15, 0.2) is 54.6 Å². The van der Waals surface area contributed by atoms with Crippen LogP contribution >= 0.6 is 0 Å². The lowest BCUT2D eigenvalue weighted by atomic mass is 10.1. The van der Waals surface area contributed by atoms with E-state index < -0.39 is 6.10 Å². The number of urea groups is 1. The molecular weight excluding hydrogens is 370 g/mol. The maximum atomic E-state index is 12.3. The molecule has 1 fully saturated rings. The number of anilines is 3. The third kappa shape index (κ3) is 6.89. The highest BCUT2D eigenvalue weighted by atomic mass is 16.5. The van der Waals surface area contributed by atoms with Gasteiger partial charge in [-0.1, -0.05) is 18.2 Å². The highest BCUT2D eigenvalue weighted by Gasteiger charge is 2.19. The summed E-state index contributed by atoms with van der Waals surface area (Å²) in [5.74, 6) is -0.219. The normalized spacial score (nSPS) is 17.2. The fraction of sp³-hybridized carbons (Fsp3) is 0.364.